The predicted octanol–water partition coefficient (Wildman–Crippen LogP) is 1.49. The van der Waals surface area contributed by atoms with Crippen LogP contribution in [-0.4, -0.2) is 26.2 Å². The molecule has 1 aliphatic rings. The van der Waals surface area contributed by atoms with E-state index < -0.39 is 0 Å². The van der Waals surface area contributed by atoms with Crippen LogP contribution in [-0.2, 0) is 0 Å². The van der Waals surface area contributed by atoms with Crippen LogP contribution in [0.5, 0.6) is 0 Å². The molecule has 1 fully saturated rings. The number of nitroso groups, excluding NO2 is 1. The van der Waals surface area contributed by atoms with Crippen LogP contribution in [0.2, 0.25) is 0 Å². The normalized spacial score (nSPS) is 16.7. The molecular formula is C10H13N3O. The van der Waals surface area contributed by atoms with E-state index in [1.165, 1.54) is 0 Å². The minimum atomic E-state index is 0.501. The highest BCUT2D eigenvalue weighted by molar-refractivity contribution is 5.55. The van der Waals surface area contributed by atoms with Crippen molar-refractivity contribution in [3.05, 3.63) is 29.2 Å². The van der Waals surface area contributed by atoms with Gasteiger partial charge in [-0.1, -0.05) is 6.07 Å². The van der Waals surface area contributed by atoms with E-state index in [4.69, 9.17) is 0 Å². The maximum atomic E-state index is 10.4. The minimum absolute atomic E-state index is 0.501. The van der Waals surface area contributed by atoms with Gasteiger partial charge in [-0.3, -0.25) is 0 Å². The van der Waals surface area contributed by atoms with Crippen LogP contribution >= 0.6 is 0 Å². The summed E-state index contributed by atoms with van der Waals surface area (Å²) in [5, 5.41) is 6.22. The third kappa shape index (κ3) is 1.90. The van der Waals surface area contributed by atoms with Crippen molar-refractivity contribution in [1.82, 2.24) is 5.32 Å². The molecule has 1 saturated heterocycles. The number of benzene rings is 1. The fourth-order valence-electron chi connectivity index (χ4n) is 1.67. The molecule has 4 heteroatoms. The van der Waals surface area contributed by atoms with Crippen LogP contribution in [0.3, 0.4) is 0 Å². The zero-order valence-electron chi connectivity index (χ0n) is 7.94. The molecule has 74 valence electrons. The lowest BCUT2D eigenvalue weighted by Crippen LogP contribution is -2.43. The lowest BCUT2D eigenvalue weighted by molar-refractivity contribution is 0.589. The average molecular weight is 191 g/mol. The van der Waals surface area contributed by atoms with Crippen molar-refractivity contribution in [2.75, 3.05) is 31.1 Å². The van der Waals surface area contributed by atoms with Crippen molar-refractivity contribution in [1.29, 1.82) is 0 Å². The Morgan fingerprint density at radius 2 is 2.07 bits per heavy atom. The molecule has 0 aromatic heterocycles. The summed E-state index contributed by atoms with van der Waals surface area (Å²) in [5.41, 5.74) is 1.59. The largest absolute Gasteiger partial charge is 0.369 e. The first-order valence-corrected chi connectivity index (χ1v) is 4.79. The Kier molecular flexibility index (Phi) is 2.74. The minimum Gasteiger partial charge on any atom is -0.369 e. The second kappa shape index (κ2) is 4.19. The molecule has 1 aromatic carbocycles. The molecule has 0 aliphatic carbocycles. The van der Waals surface area contributed by atoms with Crippen LogP contribution in [0, 0.1) is 4.91 Å². The van der Waals surface area contributed by atoms with Gasteiger partial charge in [0, 0.05) is 31.9 Å². The summed E-state index contributed by atoms with van der Waals surface area (Å²) in [6, 6.07) is 7.44. The van der Waals surface area contributed by atoms with Crippen molar-refractivity contribution in [2.24, 2.45) is 5.18 Å². The van der Waals surface area contributed by atoms with Crippen LogP contribution in [0.25, 0.3) is 0 Å². The summed E-state index contributed by atoms with van der Waals surface area (Å²) in [6.45, 7) is 3.97. The SMILES string of the molecule is O=Nc1cccc(N2CCNCC2)c1. The number of nitrogens with one attached hydrogen (secondary N) is 1. The van der Waals surface area contributed by atoms with Crippen molar-refractivity contribution < 1.29 is 0 Å². The molecule has 4 nitrogen and oxygen atoms in total. The maximum absolute atomic E-state index is 10.4. The van der Waals surface area contributed by atoms with Gasteiger partial charge < -0.3 is 10.2 Å². The second-order valence-corrected chi connectivity index (χ2v) is 3.35. The fourth-order valence-corrected chi connectivity index (χ4v) is 1.67. The molecule has 0 unspecified atom stereocenters. The van der Waals surface area contributed by atoms with Gasteiger partial charge in [-0.25, -0.2) is 0 Å². The highest BCUT2D eigenvalue weighted by Crippen LogP contribution is 2.21. The number of hydrogen-bond acceptors (Lipinski definition) is 4. The summed E-state index contributed by atoms with van der Waals surface area (Å²) < 4.78 is 0. The first-order chi connectivity index (χ1) is 6.90. The molecule has 0 bridgehead atoms. The van der Waals surface area contributed by atoms with E-state index in [2.05, 4.69) is 15.4 Å². The number of nitrogens with zero attached hydrogens (tertiary/aromatic N) is 2. The van der Waals surface area contributed by atoms with E-state index in [1.807, 2.05) is 18.2 Å². The first kappa shape index (κ1) is 9.15. The Balaban J connectivity index is 2.17. The number of piperazine rings is 1. The molecule has 2 rings (SSSR count). The van der Waals surface area contributed by atoms with Crippen molar-refractivity contribution in [2.45, 2.75) is 0 Å². The van der Waals surface area contributed by atoms with Crippen LogP contribution in [0.15, 0.2) is 29.4 Å². The molecule has 0 amide bonds. The molecule has 14 heavy (non-hydrogen) atoms. The van der Waals surface area contributed by atoms with E-state index >= 15 is 0 Å². The topological polar surface area (TPSA) is 44.7 Å². The molecule has 0 saturated carbocycles. The van der Waals surface area contributed by atoms with Gasteiger partial charge in [0.1, 0.15) is 5.69 Å². The van der Waals surface area contributed by atoms with Crippen molar-refractivity contribution >= 4 is 11.4 Å². The smallest absolute Gasteiger partial charge is 0.110 e. The summed E-state index contributed by atoms with van der Waals surface area (Å²) in [7, 11) is 0. The van der Waals surface area contributed by atoms with Crippen LogP contribution in [0.4, 0.5) is 11.4 Å². The molecule has 0 spiro atoms. The zero-order valence-corrected chi connectivity index (χ0v) is 7.94. The van der Waals surface area contributed by atoms with E-state index in [0.717, 1.165) is 31.9 Å². The molecule has 0 atom stereocenters. The number of hydrogen-bond donors (Lipinski definition) is 1. The van der Waals surface area contributed by atoms with Gasteiger partial charge in [-0.05, 0) is 23.4 Å². The summed E-state index contributed by atoms with van der Waals surface area (Å²) in [5.74, 6) is 0. The Hall–Kier alpha value is -1.42. The van der Waals surface area contributed by atoms with E-state index in [1.54, 1.807) is 6.07 Å². The van der Waals surface area contributed by atoms with Gasteiger partial charge in [0.2, 0.25) is 0 Å². The van der Waals surface area contributed by atoms with Gasteiger partial charge >= 0.3 is 0 Å². The Labute approximate surface area is 82.9 Å². The van der Waals surface area contributed by atoms with E-state index in [-0.39, 0.29) is 0 Å². The molecule has 0 radical (unpaired) electrons. The number of rotatable bonds is 2. The Bertz CT molecular complexity index is 321. The second-order valence-electron chi connectivity index (χ2n) is 3.35. The molecular weight excluding hydrogens is 178 g/mol. The quantitative estimate of drug-likeness (QED) is 0.720. The lowest BCUT2D eigenvalue weighted by atomic mass is 10.2. The monoisotopic (exact) mass is 191 g/mol. The average Bonchev–Trinajstić information content (AvgIpc) is 2.30. The fraction of sp³-hybridized carbons (Fsp3) is 0.400. The van der Waals surface area contributed by atoms with Gasteiger partial charge in [0.05, 0.1) is 0 Å². The van der Waals surface area contributed by atoms with E-state index in [0.29, 0.717) is 5.69 Å². The van der Waals surface area contributed by atoms with Gasteiger partial charge in [-0.15, -0.1) is 4.91 Å². The lowest BCUT2D eigenvalue weighted by Gasteiger charge is -2.29. The molecule has 1 N–H and O–H groups in total. The maximum Gasteiger partial charge on any atom is 0.110 e. The predicted molar refractivity (Wildman–Crippen MR) is 57.0 cm³/mol. The highest BCUT2D eigenvalue weighted by atomic mass is 16.3. The zero-order chi connectivity index (χ0) is 9.80. The number of anilines is 1. The van der Waals surface area contributed by atoms with Crippen LogP contribution < -0.4 is 10.2 Å². The third-order valence-corrected chi connectivity index (χ3v) is 2.42. The van der Waals surface area contributed by atoms with Crippen LogP contribution in [0.1, 0.15) is 0 Å². The van der Waals surface area contributed by atoms with Gasteiger partial charge in [0.15, 0.2) is 0 Å². The van der Waals surface area contributed by atoms with Crippen molar-refractivity contribution in [3.63, 3.8) is 0 Å². The Morgan fingerprint density at radius 3 is 2.79 bits per heavy atom. The Morgan fingerprint density at radius 1 is 1.29 bits per heavy atom. The summed E-state index contributed by atoms with van der Waals surface area (Å²) in [4.78, 5) is 12.6. The molecule has 1 aliphatic heterocycles. The van der Waals surface area contributed by atoms with Gasteiger partial charge in [0.25, 0.3) is 0 Å². The molecule has 1 aromatic rings. The first-order valence-electron chi connectivity index (χ1n) is 4.79. The summed E-state index contributed by atoms with van der Waals surface area (Å²) >= 11 is 0. The third-order valence-electron chi connectivity index (χ3n) is 2.42. The standard InChI is InChI=1S/C10H13N3O/c14-12-9-2-1-3-10(8-9)13-6-4-11-5-7-13/h1-3,8,11H,4-7H2. The van der Waals surface area contributed by atoms with E-state index in [9.17, 15) is 4.91 Å². The van der Waals surface area contributed by atoms with Gasteiger partial charge in [-0.2, -0.15) is 0 Å². The van der Waals surface area contributed by atoms with Crippen molar-refractivity contribution in [3.8, 4) is 0 Å². The molecule has 1 heterocycles. The highest BCUT2D eigenvalue weighted by Gasteiger charge is 2.10. The summed E-state index contributed by atoms with van der Waals surface area (Å²) in [6.07, 6.45) is 0.